The molecule has 4 heteroatoms. The number of carboxylic acid groups (broad SMARTS) is 1. The lowest BCUT2D eigenvalue weighted by atomic mass is 9.97. The van der Waals surface area contributed by atoms with Crippen molar-refractivity contribution in [3.8, 4) is 11.1 Å². The van der Waals surface area contributed by atoms with Crippen LogP contribution in [0.1, 0.15) is 15.9 Å². The van der Waals surface area contributed by atoms with Crippen molar-refractivity contribution in [3.05, 3.63) is 59.2 Å². The Morgan fingerprint density at radius 1 is 1.06 bits per heavy atom. The molecule has 0 fully saturated rings. The van der Waals surface area contributed by atoms with Gasteiger partial charge in [-0.25, -0.2) is 13.6 Å². The van der Waals surface area contributed by atoms with E-state index in [4.69, 9.17) is 5.11 Å². The first kappa shape index (κ1) is 12.2. The zero-order valence-electron chi connectivity index (χ0n) is 9.58. The maximum absolute atomic E-state index is 13.6. The minimum Gasteiger partial charge on any atom is -0.478 e. The monoisotopic (exact) mass is 248 g/mol. The fraction of sp³-hybridized carbons (Fsp3) is 0.0714. The third-order valence-corrected chi connectivity index (χ3v) is 2.69. The van der Waals surface area contributed by atoms with E-state index in [9.17, 15) is 13.6 Å². The summed E-state index contributed by atoms with van der Waals surface area (Å²) >= 11 is 0. The Kier molecular flexibility index (Phi) is 3.10. The van der Waals surface area contributed by atoms with Gasteiger partial charge in [-0.3, -0.25) is 0 Å². The summed E-state index contributed by atoms with van der Waals surface area (Å²) in [7, 11) is 0. The Bertz CT molecular complexity index is 621. The van der Waals surface area contributed by atoms with Crippen molar-refractivity contribution >= 4 is 5.97 Å². The smallest absolute Gasteiger partial charge is 0.336 e. The first-order valence-corrected chi connectivity index (χ1v) is 5.29. The van der Waals surface area contributed by atoms with Crippen LogP contribution in [0, 0.1) is 18.6 Å². The fourth-order valence-corrected chi connectivity index (χ4v) is 1.76. The molecule has 0 bridgehead atoms. The summed E-state index contributed by atoms with van der Waals surface area (Å²) in [5.74, 6) is -2.35. The van der Waals surface area contributed by atoms with Crippen molar-refractivity contribution in [3.63, 3.8) is 0 Å². The average molecular weight is 248 g/mol. The van der Waals surface area contributed by atoms with Gasteiger partial charge in [0.25, 0.3) is 0 Å². The summed E-state index contributed by atoms with van der Waals surface area (Å²) in [6.07, 6.45) is 0. The summed E-state index contributed by atoms with van der Waals surface area (Å²) in [4.78, 5) is 11.1. The maximum atomic E-state index is 13.6. The predicted molar refractivity (Wildman–Crippen MR) is 63.5 cm³/mol. The highest BCUT2D eigenvalue weighted by atomic mass is 19.1. The van der Waals surface area contributed by atoms with Gasteiger partial charge in [0.2, 0.25) is 0 Å². The number of aromatic carboxylic acids is 1. The van der Waals surface area contributed by atoms with Crippen LogP contribution in [0.3, 0.4) is 0 Å². The molecule has 0 radical (unpaired) electrons. The molecule has 0 aliphatic rings. The molecule has 0 atom stereocenters. The van der Waals surface area contributed by atoms with Gasteiger partial charge in [0.1, 0.15) is 11.6 Å². The number of carbonyl (C=O) groups is 1. The molecular weight excluding hydrogens is 238 g/mol. The van der Waals surface area contributed by atoms with Gasteiger partial charge >= 0.3 is 5.97 Å². The van der Waals surface area contributed by atoms with Gasteiger partial charge in [-0.2, -0.15) is 0 Å². The van der Waals surface area contributed by atoms with Crippen LogP contribution in [0.15, 0.2) is 36.4 Å². The summed E-state index contributed by atoms with van der Waals surface area (Å²) in [6, 6.07) is 7.95. The molecule has 18 heavy (non-hydrogen) atoms. The van der Waals surface area contributed by atoms with Crippen LogP contribution < -0.4 is 0 Å². The first-order chi connectivity index (χ1) is 8.50. The van der Waals surface area contributed by atoms with E-state index in [-0.39, 0.29) is 22.3 Å². The number of aryl methyl sites for hydroxylation is 1. The van der Waals surface area contributed by atoms with Crippen molar-refractivity contribution in [2.24, 2.45) is 0 Å². The number of rotatable bonds is 2. The Hall–Kier alpha value is -2.23. The third kappa shape index (κ3) is 2.09. The van der Waals surface area contributed by atoms with Crippen LogP contribution in [-0.2, 0) is 0 Å². The molecule has 0 heterocycles. The number of hydrogen-bond acceptors (Lipinski definition) is 1. The molecule has 0 aliphatic heterocycles. The molecule has 0 saturated carbocycles. The summed E-state index contributed by atoms with van der Waals surface area (Å²) in [5, 5.41) is 9.09. The lowest BCUT2D eigenvalue weighted by Gasteiger charge is -2.09. The molecular formula is C14H10F2O2. The van der Waals surface area contributed by atoms with E-state index < -0.39 is 17.6 Å². The molecule has 0 amide bonds. The van der Waals surface area contributed by atoms with Gasteiger partial charge < -0.3 is 5.11 Å². The van der Waals surface area contributed by atoms with Crippen LogP contribution in [0.25, 0.3) is 11.1 Å². The quantitative estimate of drug-likeness (QED) is 0.880. The van der Waals surface area contributed by atoms with E-state index >= 15 is 0 Å². The molecule has 2 nitrogen and oxygen atoms in total. The lowest BCUT2D eigenvalue weighted by molar-refractivity contribution is 0.0697. The molecule has 92 valence electrons. The highest BCUT2D eigenvalue weighted by Crippen LogP contribution is 2.28. The Balaban J connectivity index is 2.74. The van der Waals surface area contributed by atoms with Crippen molar-refractivity contribution in [2.75, 3.05) is 0 Å². The second-order valence-electron chi connectivity index (χ2n) is 3.93. The van der Waals surface area contributed by atoms with E-state index in [0.29, 0.717) is 0 Å². The van der Waals surface area contributed by atoms with Crippen molar-refractivity contribution in [1.29, 1.82) is 0 Å². The van der Waals surface area contributed by atoms with Gasteiger partial charge in [0.05, 0.1) is 5.56 Å². The molecule has 0 spiro atoms. The number of hydrogen-bond donors (Lipinski definition) is 1. The molecule has 2 aromatic rings. The predicted octanol–water partition coefficient (Wildman–Crippen LogP) is 3.64. The zero-order chi connectivity index (χ0) is 13.3. The van der Waals surface area contributed by atoms with Crippen LogP contribution in [0.2, 0.25) is 0 Å². The Morgan fingerprint density at radius 2 is 1.72 bits per heavy atom. The van der Waals surface area contributed by atoms with Gasteiger partial charge in [0.15, 0.2) is 0 Å². The Labute approximate surface area is 103 Å². The fourth-order valence-electron chi connectivity index (χ4n) is 1.76. The molecule has 0 aliphatic carbocycles. The molecule has 0 unspecified atom stereocenters. The highest BCUT2D eigenvalue weighted by molar-refractivity contribution is 5.96. The summed E-state index contributed by atoms with van der Waals surface area (Å²) < 4.78 is 27.2. The van der Waals surface area contributed by atoms with Gasteiger partial charge in [0, 0.05) is 11.1 Å². The largest absolute Gasteiger partial charge is 0.478 e. The second-order valence-corrected chi connectivity index (χ2v) is 3.93. The minimum absolute atomic E-state index is 0.0451. The van der Waals surface area contributed by atoms with E-state index in [1.807, 2.05) is 0 Å². The number of carboxylic acids is 1. The van der Waals surface area contributed by atoms with Crippen molar-refractivity contribution in [1.82, 2.24) is 0 Å². The number of halogens is 2. The summed E-state index contributed by atoms with van der Waals surface area (Å²) in [6.45, 7) is 1.47. The summed E-state index contributed by atoms with van der Waals surface area (Å²) in [5.41, 5.74) is 0.226. The molecule has 2 rings (SSSR count). The van der Waals surface area contributed by atoms with Gasteiger partial charge in [-0.1, -0.05) is 18.2 Å². The van der Waals surface area contributed by atoms with E-state index in [2.05, 4.69) is 0 Å². The van der Waals surface area contributed by atoms with Crippen LogP contribution in [0.4, 0.5) is 8.78 Å². The van der Waals surface area contributed by atoms with E-state index in [0.717, 1.165) is 6.07 Å². The minimum atomic E-state index is -1.21. The standard InChI is InChI=1S/C14H10F2O2/c1-8-6-11(14(17)18)10(7-13(8)16)9-4-2-3-5-12(9)15/h2-7H,1H3,(H,17,18). The SMILES string of the molecule is Cc1cc(C(=O)O)c(-c2ccccc2F)cc1F. The number of benzene rings is 2. The van der Waals surface area contributed by atoms with Gasteiger partial charge in [-0.15, -0.1) is 0 Å². The molecule has 0 aromatic heterocycles. The molecule has 0 saturated heterocycles. The highest BCUT2D eigenvalue weighted by Gasteiger charge is 2.16. The first-order valence-electron chi connectivity index (χ1n) is 5.29. The van der Waals surface area contributed by atoms with Crippen molar-refractivity contribution < 1.29 is 18.7 Å². The molecule has 2 aromatic carbocycles. The van der Waals surface area contributed by atoms with Crippen molar-refractivity contribution in [2.45, 2.75) is 6.92 Å². The normalized spacial score (nSPS) is 10.4. The maximum Gasteiger partial charge on any atom is 0.336 e. The van der Waals surface area contributed by atoms with Crippen LogP contribution >= 0.6 is 0 Å². The van der Waals surface area contributed by atoms with Gasteiger partial charge in [-0.05, 0) is 30.7 Å². The van der Waals surface area contributed by atoms with E-state index in [1.165, 1.54) is 31.2 Å². The topological polar surface area (TPSA) is 37.3 Å². The zero-order valence-corrected chi connectivity index (χ0v) is 9.58. The Morgan fingerprint density at radius 3 is 2.33 bits per heavy atom. The van der Waals surface area contributed by atoms with Crippen LogP contribution in [-0.4, -0.2) is 11.1 Å². The lowest BCUT2D eigenvalue weighted by Crippen LogP contribution is -2.02. The third-order valence-electron chi connectivity index (χ3n) is 2.69. The molecule has 1 N–H and O–H groups in total. The average Bonchev–Trinajstić information content (AvgIpc) is 2.32. The second kappa shape index (κ2) is 4.56. The van der Waals surface area contributed by atoms with E-state index in [1.54, 1.807) is 6.07 Å². The van der Waals surface area contributed by atoms with Crippen LogP contribution in [0.5, 0.6) is 0 Å².